The molecule has 0 fully saturated rings. The van der Waals surface area contributed by atoms with Gasteiger partial charge in [-0.15, -0.1) is 0 Å². The molecule has 0 aliphatic carbocycles. The maximum Gasteiger partial charge on any atom is 0.146 e. The summed E-state index contributed by atoms with van der Waals surface area (Å²) in [6.07, 6.45) is 1.35. The Kier molecular flexibility index (Phi) is 2.79. The molecule has 0 saturated carbocycles. The molecule has 0 atom stereocenters. The summed E-state index contributed by atoms with van der Waals surface area (Å²) in [4.78, 5) is 8.06. The molecule has 0 saturated heterocycles. The monoisotopic (exact) mass is 257 g/mol. The van der Waals surface area contributed by atoms with Crippen molar-refractivity contribution in [2.75, 3.05) is 5.32 Å². The molecule has 2 aromatic carbocycles. The number of nitrogens with zero attached hydrogens (tertiary/aromatic N) is 2. The lowest BCUT2D eigenvalue weighted by Crippen LogP contribution is -1.98. The van der Waals surface area contributed by atoms with Gasteiger partial charge in [0.2, 0.25) is 0 Å². The fraction of sp³-hybridized carbons (Fsp3) is 0. The molecule has 5 heteroatoms. The molecule has 19 heavy (non-hydrogen) atoms. The fourth-order valence-corrected chi connectivity index (χ4v) is 1.82. The van der Waals surface area contributed by atoms with E-state index in [1.165, 1.54) is 24.5 Å². The minimum Gasteiger partial charge on any atom is -0.337 e. The third kappa shape index (κ3) is 2.22. The first kappa shape index (κ1) is 11.5. The molecular formula is C14H9F2N3. The van der Waals surface area contributed by atoms with Gasteiger partial charge in [0.25, 0.3) is 0 Å². The Morgan fingerprint density at radius 2 is 1.79 bits per heavy atom. The van der Waals surface area contributed by atoms with Gasteiger partial charge in [0.1, 0.15) is 23.8 Å². The van der Waals surface area contributed by atoms with Gasteiger partial charge in [0.15, 0.2) is 0 Å². The van der Waals surface area contributed by atoms with Crippen LogP contribution in [0, 0.1) is 11.6 Å². The van der Waals surface area contributed by atoms with Crippen molar-refractivity contribution in [3.8, 4) is 0 Å². The lowest BCUT2D eigenvalue weighted by Gasteiger charge is -2.08. The molecule has 0 unspecified atom stereocenters. The minimum absolute atomic E-state index is 0.284. The average molecular weight is 257 g/mol. The molecule has 1 aromatic heterocycles. The first-order chi connectivity index (χ1) is 9.24. The Balaban J connectivity index is 2.10. The summed E-state index contributed by atoms with van der Waals surface area (Å²) in [5.41, 5.74) is 0.877. The number of para-hydroxylation sites is 1. The predicted octanol–water partition coefficient (Wildman–Crippen LogP) is 3.65. The number of fused-ring (bicyclic) bond motifs is 1. The van der Waals surface area contributed by atoms with Gasteiger partial charge in [-0.25, -0.2) is 18.7 Å². The fourth-order valence-electron chi connectivity index (χ4n) is 1.82. The molecule has 1 N–H and O–H groups in total. The van der Waals surface area contributed by atoms with Crippen molar-refractivity contribution >= 4 is 22.4 Å². The molecule has 0 amide bonds. The van der Waals surface area contributed by atoms with Gasteiger partial charge >= 0.3 is 0 Å². The van der Waals surface area contributed by atoms with Gasteiger partial charge in [-0.2, -0.15) is 0 Å². The highest BCUT2D eigenvalue weighted by Gasteiger charge is 2.07. The number of nitrogens with one attached hydrogen (secondary N) is 1. The second-order valence-electron chi connectivity index (χ2n) is 3.99. The van der Waals surface area contributed by atoms with E-state index in [9.17, 15) is 8.78 Å². The highest BCUT2D eigenvalue weighted by Crippen LogP contribution is 2.24. The highest BCUT2D eigenvalue weighted by molar-refractivity contribution is 5.90. The van der Waals surface area contributed by atoms with Crippen LogP contribution in [0.25, 0.3) is 10.9 Å². The van der Waals surface area contributed by atoms with Gasteiger partial charge < -0.3 is 5.32 Å². The SMILES string of the molecule is Fc1ccc2ncnc(Nc3ccccc3F)c2c1. The number of benzene rings is 2. The van der Waals surface area contributed by atoms with Gasteiger partial charge in [-0.3, -0.25) is 0 Å². The lowest BCUT2D eigenvalue weighted by atomic mass is 10.2. The van der Waals surface area contributed by atoms with E-state index in [0.29, 0.717) is 16.7 Å². The van der Waals surface area contributed by atoms with Crippen LogP contribution in [0.4, 0.5) is 20.3 Å². The van der Waals surface area contributed by atoms with Gasteiger partial charge in [0.05, 0.1) is 11.2 Å². The predicted molar refractivity (Wildman–Crippen MR) is 69.2 cm³/mol. The minimum atomic E-state index is -0.398. The second-order valence-corrected chi connectivity index (χ2v) is 3.99. The second kappa shape index (κ2) is 4.61. The Morgan fingerprint density at radius 1 is 0.947 bits per heavy atom. The summed E-state index contributed by atoms with van der Waals surface area (Å²) in [7, 11) is 0. The van der Waals surface area contributed by atoms with Crippen LogP contribution >= 0.6 is 0 Å². The summed E-state index contributed by atoms with van der Waals surface area (Å²) in [6.45, 7) is 0. The molecule has 0 spiro atoms. The third-order valence-corrected chi connectivity index (χ3v) is 2.72. The Morgan fingerprint density at radius 3 is 2.63 bits per heavy atom. The lowest BCUT2D eigenvalue weighted by molar-refractivity contribution is 0.629. The van der Waals surface area contributed by atoms with Crippen molar-refractivity contribution in [3.63, 3.8) is 0 Å². The molecule has 0 aliphatic rings. The van der Waals surface area contributed by atoms with Crippen LogP contribution in [-0.2, 0) is 0 Å². The zero-order valence-electron chi connectivity index (χ0n) is 9.77. The molecular weight excluding hydrogens is 248 g/mol. The van der Waals surface area contributed by atoms with Crippen LogP contribution in [0.5, 0.6) is 0 Å². The van der Waals surface area contributed by atoms with Crippen LogP contribution in [-0.4, -0.2) is 9.97 Å². The topological polar surface area (TPSA) is 37.8 Å². The number of halogens is 2. The number of anilines is 2. The van der Waals surface area contributed by atoms with Crippen LogP contribution in [0.1, 0.15) is 0 Å². The quantitative estimate of drug-likeness (QED) is 0.761. The first-order valence-electron chi connectivity index (χ1n) is 5.66. The van der Waals surface area contributed by atoms with Crippen molar-refractivity contribution in [3.05, 3.63) is 60.4 Å². The van der Waals surface area contributed by atoms with Crippen molar-refractivity contribution in [1.82, 2.24) is 9.97 Å². The van der Waals surface area contributed by atoms with Crippen molar-refractivity contribution in [1.29, 1.82) is 0 Å². The van der Waals surface area contributed by atoms with E-state index in [0.717, 1.165) is 0 Å². The first-order valence-corrected chi connectivity index (χ1v) is 5.66. The zero-order valence-corrected chi connectivity index (χ0v) is 9.77. The van der Waals surface area contributed by atoms with Gasteiger partial charge in [-0.05, 0) is 30.3 Å². The number of aromatic nitrogens is 2. The van der Waals surface area contributed by atoms with Crippen LogP contribution in [0.3, 0.4) is 0 Å². The van der Waals surface area contributed by atoms with E-state index >= 15 is 0 Å². The molecule has 3 rings (SSSR count). The molecule has 0 radical (unpaired) electrons. The standard InChI is InChI=1S/C14H9F2N3/c15-9-5-6-12-10(7-9)14(18-8-17-12)19-13-4-2-1-3-11(13)16/h1-8H,(H,17,18,19). The Bertz CT molecular complexity index is 744. The van der Waals surface area contributed by atoms with E-state index < -0.39 is 5.82 Å². The van der Waals surface area contributed by atoms with E-state index in [4.69, 9.17) is 0 Å². The van der Waals surface area contributed by atoms with E-state index in [-0.39, 0.29) is 11.5 Å². The van der Waals surface area contributed by atoms with Crippen molar-refractivity contribution in [2.45, 2.75) is 0 Å². The molecule has 3 nitrogen and oxygen atoms in total. The summed E-state index contributed by atoms with van der Waals surface area (Å²) >= 11 is 0. The van der Waals surface area contributed by atoms with E-state index in [1.54, 1.807) is 24.3 Å². The number of hydrogen-bond donors (Lipinski definition) is 1. The number of hydrogen-bond acceptors (Lipinski definition) is 3. The molecule has 0 aliphatic heterocycles. The summed E-state index contributed by atoms with van der Waals surface area (Å²) < 4.78 is 26.9. The van der Waals surface area contributed by atoms with Crippen molar-refractivity contribution in [2.24, 2.45) is 0 Å². The van der Waals surface area contributed by atoms with Crippen LogP contribution in [0.2, 0.25) is 0 Å². The van der Waals surface area contributed by atoms with Crippen LogP contribution < -0.4 is 5.32 Å². The average Bonchev–Trinajstić information content (AvgIpc) is 2.42. The van der Waals surface area contributed by atoms with Gasteiger partial charge in [0, 0.05) is 5.39 Å². The summed E-state index contributed by atoms with van der Waals surface area (Å²) in [5.74, 6) is -0.417. The van der Waals surface area contributed by atoms with E-state index in [2.05, 4.69) is 15.3 Å². The van der Waals surface area contributed by atoms with Crippen LogP contribution in [0.15, 0.2) is 48.8 Å². The molecule has 3 aromatic rings. The Labute approximate surface area is 107 Å². The van der Waals surface area contributed by atoms with Crippen molar-refractivity contribution < 1.29 is 8.78 Å². The van der Waals surface area contributed by atoms with Gasteiger partial charge in [-0.1, -0.05) is 12.1 Å². The summed E-state index contributed by atoms with van der Waals surface area (Å²) in [6, 6.07) is 10.4. The maximum atomic E-state index is 13.6. The smallest absolute Gasteiger partial charge is 0.146 e. The third-order valence-electron chi connectivity index (χ3n) is 2.72. The Hall–Kier alpha value is -2.56. The zero-order chi connectivity index (χ0) is 13.2. The summed E-state index contributed by atoms with van der Waals surface area (Å²) in [5, 5.41) is 3.35. The number of rotatable bonds is 2. The molecule has 1 heterocycles. The largest absolute Gasteiger partial charge is 0.337 e. The molecule has 0 bridgehead atoms. The molecule has 94 valence electrons. The maximum absolute atomic E-state index is 13.6. The normalized spacial score (nSPS) is 10.6. The highest BCUT2D eigenvalue weighted by atomic mass is 19.1. The van der Waals surface area contributed by atoms with E-state index in [1.807, 2.05) is 0 Å².